The molecule has 0 bridgehead atoms. The molecule has 0 radical (unpaired) electrons. The summed E-state index contributed by atoms with van der Waals surface area (Å²) in [5, 5.41) is 1.03. The van der Waals surface area contributed by atoms with Gasteiger partial charge < -0.3 is 14.8 Å². The van der Waals surface area contributed by atoms with Crippen molar-refractivity contribution in [3.05, 3.63) is 48.9 Å². The zero-order chi connectivity index (χ0) is 15.6. The van der Waals surface area contributed by atoms with Crippen LogP contribution in [0.1, 0.15) is 10.5 Å². The molecule has 1 N–H and O–H groups in total. The molecular weight excluding hydrogens is 292 g/mol. The summed E-state index contributed by atoms with van der Waals surface area (Å²) in [7, 11) is 0. The van der Waals surface area contributed by atoms with Crippen LogP contribution in [0.2, 0.25) is 0 Å². The van der Waals surface area contributed by atoms with Crippen LogP contribution in [0.3, 0.4) is 0 Å². The summed E-state index contributed by atoms with van der Waals surface area (Å²) >= 11 is 0. The van der Waals surface area contributed by atoms with Gasteiger partial charge in [-0.3, -0.25) is 4.79 Å². The Morgan fingerprint density at radius 1 is 1.09 bits per heavy atom. The molecule has 2 aromatic heterocycles. The summed E-state index contributed by atoms with van der Waals surface area (Å²) in [6.07, 6.45) is 6.48. The minimum Gasteiger partial charge on any atom is -0.368 e. The summed E-state index contributed by atoms with van der Waals surface area (Å²) < 4.78 is 0. The zero-order valence-corrected chi connectivity index (χ0v) is 12.5. The number of piperazine rings is 1. The van der Waals surface area contributed by atoms with Gasteiger partial charge in [-0.1, -0.05) is 0 Å². The van der Waals surface area contributed by atoms with E-state index in [1.807, 2.05) is 17.2 Å². The topological polar surface area (TPSA) is 78.0 Å². The molecule has 1 aliphatic rings. The third-order valence-electron chi connectivity index (χ3n) is 4.15. The molecular formula is C16H16N6O. The Balaban J connectivity index is 1.47. The molecule has 0 spiro atoms. The molecule has 3 heterocycles. The second-order valence-electron chi connectivity index (χ2n) is 5.51. The van der Waals surface area contributed by atoms with Crippen molar-refractivity contribution in [2.75, 3.05) is 31.1 Å². The van der Waals surface area contributed by atoms with E-state index in [9.17, 15) is 4.79 Å². The number of imidazole rings is 1. The van der Waals surface area contributed by atoms with Crippen molar-refractivity contribution in [1.82, 2.24) is 24.8 Å². The van der Waals surface area contributed by atoms with Crippen molar-refractivity contribution in [2.45, 2.75) is 0 Å². The average molecular weight is 308 g/mol. The number of hydrogen-bond acceptors (Lipinski definition) is 5. The third-order valence-corrected chi connectivity index (χ3v) is 4.15. The van der Waals surface area contributed by atoms with E-state index in [0.717, 1.165) is 29.7 Å². The summed E-state index contributed by atoms with van der Waals surface area (Å²) in [5.74, 6) is 0.00839. The molecule has 23 heavy (non-hydrogen) atoms. The molecule has 0 aliphatic carbocycles. The summed E-state index contributed by atoms with van der Waals surface area (Å²) in [4.78, 5) is 31.5. The molecule has 4 rings (SSSR count). The molecule has 1 amide bonds. The number of fused-ring (bicyclic) bond motifs is 1. The van der Waals surface area contributed by atoms with Gasteiger partial charge in [0.05, 0.1) is 18.0 Å². The number of rotatable bonds is 2. The van der Waals surface area contributed by atoms with E-state index in [2.05, 4.69) is 37.0 Å². The Bertz CT molecular complexity index is 823. The van der Waals surface area contributed by atoms with Gasteiger partial charge in [0.1, 0.15) is 12.0 Å². The lowest BCUT2D eigenvalue weighted by atomic mass is 10.2. The highest BCUT2D eigenvalue weighted by Gasteiger charge is 2.23. The van der Waals surface area contributed by atoms with Crippen LogP contribution < -0.4 is 4.90 Å². The fourth-order valence-electron chi connectivity index (χ4n) is 2.88. The number of amides is 1. The maximum atomic E-state index is 12.3. The maximum Gasteiger partial charge on any atom is 0.272 e. The van der Waals surface area contributed by atoms with Crippen molar-refractivity contribution >= 4 is 22.5 Å². The Kier molecular flexibility index (Phi) is 3.38. The third kappa shape index (κ3) is 2.61. The highest BCUT2D eigenvalue weighted by atomic mass is 16.2. The van der Waals surface area contributed by atoms with E-state index in [4.69, 9.17) is 0 Å². The fraction of sp³-hybridized carbons (Fsp3) is 0.250. The number of benzene rings is 1. The van der Waals surface area contributed by atoms with Gasteiger partial charge >= 0.3 is 0 Å². The van der Waals surface area contributed by atoms with Crippen molar-refractivity contribution in [1.29, 1.82) is 0 Å². The number of H-pyrrole nitrogens is 1. The lowest BCUT2D eigenvalue weighted by Gasteiger charge is -2.36. The van der Waals surface area contributed by atoms with E-state index < -0.39 is 0 Å². The van der Waals surface area contributed by atoms with Crippen LogP contribution in [-0.2, 0) is 0 Å². The first-order valence-electron chi connectivity index (χ1n) is 7.53. The normalized spacial score (nSPS) is 15.1. The Hall–Kier alpha value is -2.96. The maximum absolute atomic E-state index is 12.3. The van der Waals surface area contributed by atoms with Gasteiger partial charge in [0, 0.05) is 43.4 Å². The summed E-state index contributed by atoms with van der Waals surface area (Å²) in [6, 6.07) is 6.18. The molecule has 1 aromatic carbocycles. The minimum atomic E-state index is 0.00839. The van der Waals surface area contributed by atoms with Crippen molar-refractivity contribution in [2.24, 2.45) is 0 Å². The molecule has 7 heteroatoms. The number of nitrogens with one attached hydrogen (secondary N) is 1. The van der Waals surface area contributed by atoms with E-state index >= 15 is 0 Å². The highest BCUT2D eigenvalue weighted by molar-refractivity contribution is 5.92. The van der Waals surface area contributed by atoms with E-state index in [1.54, 1.807) is 12.5 Å². The number of carbonyl (C=O) groups is 1. The molecule has 1 aliphatic heterocycles. The van der Waals surface area contributed by atoms with Gasteiger partial charge in [-0.15, -0.1) is 0 Å². The van der Waals surface area contributed by atoms with Crippen LogP contribution in [0.5, 0.6) is 0 Å². The monoisotopic (exact) mass is 308 g/mol. The van der Waals surface area contributed by atoms with Crippen LogP contribution in [-0.4, -0.2) is 56.9 Å². The highest BCUT2D eigenvalue weighted by Crippen LogP contribution is 2.21. The van der Waals surface area contributed by atoms with Gasteiger partial charge in [0.15, 0.2) is 0 Å². The minimum absolute atomic E-state index is 0.00839. The van der Waals surface area contributed by atoms with Gasteiger partial charge in [-0.2, -0.15) is 0 Å². The van der Waals surface area contributed by atoms with Gasteiger partial charge in [0.25, 0.3) is 5.91 Å². The molecule has 0 saturated carbocycles. The number of hydrogen-bond donors (Lipinski definition) is 1. The van der Waals surface area contributed by atoms with Crippen LogP contribution >= 0.6 is 0 Å². The lowest BCUT2D eigenvalue weighted by molar-refractivity contribution is 0.0741. The van der Waals surface area contributed by atoms with Gasteiger partial charge in [-0.05, 0) is 18.2 Å². The SMILES string of the molecule is O=C(c1cnc[nH]1)N1CCN(c2ccc3ncncc3c2)CC1. The first-order valence-corrected chi connectivity index (χ1v) is 7.53. The molecule has 1 saturated heterocycles. The molecule has 1 fully saturated rings. The summed E-state index contributed by atoms with van der Waals surface area (Å²) in [5.41, 5.74) is 2.62. The smallest absolute Gasteiger partial charge is 0.272 e. The number of aromatic nitrogens is 4. The van der Waals surface area contributed by atoms with Crippen LogP contribution in [0.4, 0.5) is 5.69 Å². The van der Waals surface area contributed by atoms with Crippen LogP contribution in [0, 0.1) is 0 Å². The predicted octanol–water partition coefficient (Wildman–Crippen LogP) is 1.32. The first kappa shape index (κ1) is 13.7. The average Bonchev–Trinajstić information content (AvgIpc) is 3.15. The zero-order valence-electron chi connectivity index (χ0n) is 12.5. The van der Waals surface area contributed by atoms with Gasteiger partial charge in [0.2, 0.25) is 0 Å². The van der Waals surface area contributed by atoms with E-state index in [1.165, 1.54) is 6.33 Å². The Morgan fingerprint density at radius 2 is 1.96 bits per heavy atom. The largest absolute Gasteiger partial charge is 0.368 e. The molecule has 0 atom stereocenters. The van der Waals surface area contributed by atoms with Crippen LogP contribution in [0.25, 0.3) is 10.9 Å². The number of aromatic amines is 1. The van der Waals surface area contributed by atoms with E-state index in [-0.39, 0.29) is 5.91 Å². The quantitative estimate of drug-likeness (QED) is 0.772. The Labute approximate surface area is 133 Å². The van der Waals surface area contributed by atoms with Crippen LogP contribution in [0.15, 0.2) is 43.2 Å². The number of anilines is 1. The van der Waals surface area contributed by atoms with Crippen molar-refractivity contribution in [3.8, 4) is 0 Å². The molecule has 3 aromatic rings. The lowest BCUT2D eigenvalue weighted by Crippen LogP contribution is -2.48. The fourth-order valence-corrected chi connectivity index (χ4v) is 2.88. The standard InChI is InChI=1S/C16H16N6O/c23-16(15-9-18-11-20-15)22-5-3-21(4-6-22)13-1-2-14-12(7-13)8-17-10-19-14/h1-2,7-11H,3-6H2,(H,18,20). The van der Waals surface area contributed by atoms with E-state index in [0.29, 0.717) is 18.8 Å². The van der Waals surface area contributed by atoms with Gasteiger partial charge in [-0.25, -0.2) is 15.0 Å². The molecule has 7 nitrogen and oxygen atoms in total. The first-order chi connectivity index (χ1) is 11.3. The molecule has 116 valence electrons. The Morgan fingerprint density at radius 3 is 2.74 bits per heavy atom. The summed E-state index contributed by atoms with van der Waals surface area (Å²) in [6.45, 7) is 3.00. The van der Waals surface area contributed by atoms with Crippen molar-refractivity contribution < 1.29 is 4.79 Å². The predicted molar refractivity (Wildman–Crippen MR) is 86.2 cm³/mol. The number of nitrogens with zero attached hydrogens (tertiary/aromatic N) is 5. The number of carbonyl (C=O) groups excluding carboxylic acids is 1. The second-order valence-corrected chi connectivity index (χ2v) is 5.51. The second kappa shape index (κ2) is 5.68. The molecule has 0 unspecified atom stereocenters. The van der Waals surface area contributed by atoms with Crippen molar-refractivity contribution in [3.63, 3.8) is 0 Å².